The second kappa shape index (κ2) is 6.50. The number of hydrogen-bond acceptors (Lipinski definition) is 2. The topological polar surface area (TPSA) is 20.2 Å². The minimum Gasteiger partial charge on any atom is -0.393 e. The van der Waals surface area contributed by atoms with Gasteiger partial charge in [0.25, 0.3) is 0 Å². The van der Waals surface area contributed by atoms with Crippen LogP contribution < -0.4 is 0 Å². The smallest absolute Gasteiger partial charge is 0.0591 e. The molecule has 2 rings (SSSR count). The van der Waals surface area contributed by atoms with Crippen molar-refractivity contribution < 1.29 is 5.11 Å². The number of rotatable bonds is 5. The summed E-state index contributed by atoms with van der Waals surface area (Å²) >= 11 is 5.13. The van der Waals surface area contributed by atoms with Gasteiger partial charge in [-0.15, -0.1) is 11.3 Å². The van der Waals surface area contributed by atoms with Gasteiger partial charge in [0.2, 0.25) is 0 Å². The number of thiophene rings is 1. The van der Waals surface area contributed by atoms with E-state index in [1.54, 1.807) is 11.3 Å². The molecular formula is C15H17BrOS. The average Bonchev–Trinajstić information content (AvgIpc) is 2.74. The van der Waals surface area contributed by atoms with Crippen molar-refractivity contribution in [1.29, 1.82) is 0 Å². The summed E-state index contributed by atoms with van der Waals surface area (Å²) in [5, 5.41) is 12.1. The van der Waals surface area contributed by atoms with E-state index in [0.29, 0.717) is 0 Å². The quantitative estimate of drug-likeness (QED) is 0.866. The molecule has 1 N–H and O–H groups in total. The molecule has 0 spiro atoms. The highest BCUT2D eigenvalue weighted by molar-refractivity contribution is 9.10. The van der Waals surface area contributed by atoms with Gasteiger partial charge in [-0.1, -0.05) is 24.3 Å². The van der Waals surface area contributed by atoms with Gasteiger partial charge in [0.05, 0.1) is 6.10 Å². The van der Waals surface area contributed by atoms with Crippen LogP contribution >= 0.6 is 27.3 Å². The molecule has 2 aromatic rings. The lowest BCUT2D eigenvalue weighted by Gasteiger charge is -2.10. The van der Waals surface area contributed by atoms with Crippen molar-refractivity contribution in [2.24, 2.45) is 0 Å². The Kier molecular flexibility index (Phi) is 4.98. The normalized spacial score (nSPS) is 12.6. The molecular weight excluding hydrogens is 308 g/mol. The molecule has 0 saturated heterocycles. The highest BCUT2D eigenvalue weighted by Gasteiger charge is 2.08. The molecule has 0 saturated carbocycles. The fourth-order valence-electron chi connectivity index (χ4n) is 2.01. The number of halogens is 1. The summed E-state index contributed by atoms with van der Waals surface area (Å²) in [6.07, 6.45) is 2.26. The van der Waals surface area contributed by atoms with Crippen LogP contribution in [0.3, 0.4) is 0 Å². The van der Waals surface area contributed by atoms with Gasteiger partial charge in [-0.2, -0.15) is 0 Å². The third-order valence-corrected chi connectivity index (χ3v) is 4.79. The van der Waals surface area contributed by atoms with Crippen LogP contribution in [-0.4, -0.2) is 11.2 Å². The molecule has 1 atom stereocenters. The Morgan fingerprint density at radius 3 is 2.78 bits per heavy atom. The van der Waals surface area contributed by atoms with E-state index in [2.05, 4.69) is 58.6 Å². The second-order valence-corrected chi connectivity index (χ2v) is 6.47. The fourth-order valence-corrected chi connectivity index (χ4v) is 3.53. The molecule has 96 valence electrons. The standard InChI is InChI=1S/C15H17BrOS/c1-11-4-2-3-5-12(11)6-7-14(17)9-15-8-13(16)10-18-15/h2-5,8,10,14,17H,6-7,9H2,1H3. The van der Waals surface area contributed by atoms with Crippen LogP contribution in [0.4, 0.5) is 0 Å². The fraction of sp³-hybridized carbons (Fsp3) is 0.333. The van der Waals surface area contributed by atoms with E-state index >= 15 is 0 Å². The van der Waals surface area contributed by atoms with Crippen molar-refractivity contribution in [3.63, 3.8) is 0 Å². The van der Waals surface area contributed by atoms with Crippen LogP contribution in [0.1, 0.15) is 22.4 Å². The molecule has 1 aromatic heterocycles. The van der Waals surface area contributed by atoms with Crippen molar-refractivity contribution in [2.45, 2.75) is 32.3 Å². The maximum atomic E-state index is 10.1. The third-order valence-electron chi connectivity index (χ3n) is 3.07. The summed E-state index contributed by atoms with van der Waals surface area (Å²) in [5.74, 6) is 0. The Hall–Kier alpha value is -0.640. The van der Waals surface area contributed by atoms with Crippen LogP contribution in [-0.2, 0) is 12.8 Å². The zero-order valence-electron chi connectivity index (χ0n) is 10.4. The van der Waals surface area contributed by atoms with Gasteiger partial charge in [0.1, 0.15) is 0 Å². The summed E-state index contributed by atoms with van der Waals surface area (Å²) in [6, 6.07) is 10.5. The minimum atomic E-state index is -0.254. The molecule has 3 heteroatoms. The Balaban J connectivity index is 1.85. The molecule has 0 aliphatic heterocycles. The van der Waals surface area contributed by atoms with E-state index in [1.165, 1.54) is 16.0 Å². The monoisotopic (exact) mass is 324 g/mol. The molecule has 0 radical (unpaired) electrons. The van der Waals surface area contributed by atoms with Crippen molar-refractivity contribution in [3.05, 3.63) is 56.2 Å². The largest absolute Gasteiger partial charge is 0.393 e. The van der Waals surface area contributed by atoms with Gasteiger partial charge < -0.3 is 5.11 Å². The Bertz CT molecular complexity index is 507. The van der Waals surface area contributed by atoms with Crippen molar-refractivity contribution in [1.82, 2.24) is 0 Å². The van der Waals surface area contributed by atoms with Gasteiger partial charge in [0.15, 0.2) is 0 Å². The summed E-state index contributed by atoms with van der Waals surface area (Å²) in [7, 11) is 0. The summed E-state index contributed by atoms with van der Waals surface area (Å²) in [6.45, 7) is 2.12. The maximum absolute atomic E-state index is 10.1. The van der Waals surface area contributed by atoms with Crippen LogP contribution in [0, 0.1) is 6.92 Å². The molecule has 1 unspecified atom stereocenters. The van der Waals surface area contributed by atoms with E-state index in [9.17, 15) is 5.11 Å². The van der Waals surface area contributed by atoms with Crippen molar-refractivity contribution in [3.8, 4) is 0 Å². The van der Waals surface area contributed by atoms with Gasteiger partial charge in [-0.25, -0.2) is 0 Å². The number of benzene rings is 1. The molecule has 1 nitrogen and oxygen atoms in total. The van der Waals surface area contributed by atoms with Crippen molar-refractivity contribution >= 4 is 27.3 Å². The predicted octanol–water partition coefficient (Wildman–Crippen LogP) is 4.36. The van der Waals surface area contributed by atoms with Crippen LogP contribution in [0.5, 0.6) is 0 Å². The first kappa shape index (κ1) is 13.8. The first-order valence-electron chi connectivity index (χ1n) is 6.10. The molecule has 18 heavy (non-hydrogen) atoms. The summed E-state index contributed by atoms with van der Waals surface area (Å²) in [4.78, 5) is 1.24. The summed E-state index contributed by atoms with van der Waals surface area (Å²) < 4.78 is 1.11. The highest BCUT2D eigenvalue weighted by atomic mass is 79.9. The van der Waals surface area contributed by atoms with Gasteiger partial charge in [0, 0.05) is 21.2 Å². The van der Waals surface area contributed by atoms with Crippen molar-refractivity contribution in [2.75, 3.05) is 0 Å². The van der Waals surface area contributed by atoms with Gasteiger partial charge in [-0.05, 0) is 52.9 Å². The van der Waals surface area contributed by atoms with Crippen LogP contribution in [0.25, 0.3) is 0 Å². The number of aryl methyl sites for hydroxylation is 2. The summed E-state index contributed by atoms with van der Waals surface area (Å²) in [5.41, 5.74) is 2.65. The van der Waals surface area contributed by atoms with E-state index in [4.69, 9.17) is 0 Å². The van der Waals surface area contributed by atoms with E-state index < -0.39 is 0 Å². The molecule has 0 fully saturated rings. The lowest BCUT2D eigenvalue weighted by Crippen LogP contribution is -2.11. The Morgan fingerprint density at radius 1 is 1.33 bits per heavy atom. The lowest BCUT2D eigenvalue weighted by atomic mass is 10.0. The van der Waals surface area contributed by atoms with E-state index in [-0.39, 0.29) is 6.10 Å². The average molecular weight is 325 g/mol. The minimum absolute atomic E-state index is 0.254. The van der Waals surface area contributed by atoms with Gasteiger partial charge >= 0.3 is 0 Å². The number of hydrogen-bond donors (Lipinski definition) is 1. The van der Waals surface area contributed by atoms with Gasteiger partial charge in [-0.3, -0.25) is 0 Å². The molecule has 0 aliphatic rings. The SMILES string of the molecule is Cc1ccccc1CCC(O)Cc1cc(Br)cs1. The number of aliphatic hydroxyl groups excluding tert-OH is 1. The third kappa shape index (κ3) is 3.94. The van der Waals surface area contributed by atoms with Crippen LogP contribution in [0.15, 0.2) is 40.2 Å². The Labute approximate surface area is 121 Å². The highest BCUT2D eigenvalue weighted by Crippen LogP contribution is 2.22. The zero-order valence-corrected chi connectivity index (χ0v) is 12.8. The molecule has 0 amide bonds. The number of aliphatic hydroxyl groups is 1. The second-order valence-electron chi connectivity index (χ2n) is 4.55. The zero-order chi connectivity index (χ0) is 13.0. The lowest BCUT2D eigenvalue weighted by molar-refractivity contribution is 0.166. The first-order valence-corrected chi connectivity index (χ1v) is 7.78. The molecule has 0 aliphatic carbocycles. The molecule has 0 bridgehead atoms. The van der Waals surface area contributed by atoms with Crippen LogP contribution in [0.2, 0.25) is 0 Å². The van der Waals surface area contributed by atoms with E-state index in [0.717, 1.165) is 23.7 Å². The molecule has 1 aromatic carbocycles. The predicted molar refractivity (Wildman–Crippen MR) is 81.2 cm³/mol. The molecule has 1 heterocycles. The Morgan fingerprint density at radius 2 is 2.11 bits per heavy atom. The first-order chi connectivity index (χ1) is 8.65. The van der Waals surface area contributed by atoms with E-state index in [1.807, 2.05) is 0 Å². The maximum Gasteiger partial charge on any atom is 0.0591 e.